The molecule has 0 aromatic heterocycles. The molecule has 0 atom stereocenters. The van der Waals surface area contributed by atoms with Gasteiger partial charge < -0.3 is 0 Å². The van der Waals surface area contributed by atoms with Crippen LogP contribution in [-0.2, 0) is 10.2 Å². The van der Waals surface area contributed by atoms with Gasteiger partial charge in [0.25, 0.3) is 0 Å². The highest BCUT2D eigenvalue weighted by Crippen LogP contribution is 2.42. The van der Waals surface area contributed by atoms with Crippen LogP contribution in [0, 0.1) is 5.82 Å². The van der Waals surface area contributed by atoms with Crippen LogP contribution in [0.5, 0.6) is 0 Å². The van der Waals surface area contributed by atoms with Crippen molar-refractivity contribution in [3.8, 4) is 0 Å². The average Bonchev–Trinajstić information content (AvgIpc) is 2.30. The van der Waals surface area contributed by atoms with E-state index >= 15 is 0 Å². The van der Waals surface area contributed by atoms with Gasteiger partial charge in [0.1, 0.15) is 5.82 Å². The quantitative estimate of drug-likeness (QED) is 0.740. The van der Waals surface area contributed by atoms with E-state index in [0.717, 1.165) is 31.2 Å². The molecule has 0 bridgehead atoms. The third-order valence-electron chi connectivity index (χ3n) is 3.74. The summed E-state index contributed by atoms with van der Waals surface area (Å²) in [5.41, 5.74) is 0.887. The van der Waals surface area contributed by atoms with Crippen molar-refractivity contribution < 1.29 is 9.18 Å². The van der Waals surface area contributed by atoms with Gasteiger partial charge in [-0.15, -0.1) is 0 Å². The molecule has 1 aromatic carbocycles. The number of halogens is 2. The summed E-state index contributed by atoms with van der Waals surface area (Å²) >= 11 is 5.57. The Balaban J connectivity index is 2.31. The minimum atomic E-state index is -0.295. The van der Waals surface area contributed by atoms with Crippen molar-refractivity contribution in [1.29, 1.82) is 0 Å². The van der Waals surface area contributed by atoms with Crippen molar-refractivity contribution in [2.45, 2.75) is 43.9 Å². The van der Waals surface area contributed by atoms with Gasteiger partial charge >= 0.3 is 0 Å². The highest BCUT2D eigenvalue weighted by atomic mass is 35.5. The molecule has 0 N–H and O–H groups in total. The van der Waals surface area contributed by atoms with Crippen molar-refractivity contribution in [2.24, 2.45) is 0 Å². The summed E-state index contributed by atoms with van der Waals surface area (Å²) in [5.74, 6) is -0.239. The van der Waals surface area contributed by atoms with E-state index in [2.05, 4.69) is 0 Å². The van der Waals surface area contributed by atoms with Gasteiger partial charge in [0.2, 0.25) is 5.24 Å². The van der Waals surface area contributed by atoms with Crippen molar-refractivity contribution in [3.63, 3.8) is 0 Å². The second-order valence-corrected chi connectivity index (χ2v) is 5.30. The summed E-state index contributed by atoms with van der Waals surface area (Å²) in [6, 6.07) is 6.51. The minimum absolute atomic E-state index is 0.162. The lowest BCUT2D eigenvalue weighted by Gasteiger charge is -2.37. The van der Waals surface area contributed by atoms with Crippen LogP contribution in [0.4, 0.5) is 4.39 Å². The normalized spacial score (nSPS) is 18.9. The maximum atomic E-state index is 12.9. The first kappa shape index (κ1) is 12.6. The van der Waals surface area contributed by atoms with Crippen LogP contribution in [0.2, 0.25) is 0 Å². The van der Waals surface area contributed by atoms with Gasteiger partial charge in [-0.1, -0.05) is 31.4 Å². The largest absolute Gasteiger partial charge is 0.281 e. The Hall–Kier alpha value is -0.890. The molecular weight excluding hydrogens is 239 g/mol. The first-order chi connectivity index (χ1) is 8.12. The predicted molar refractivity (Wildman–Crippen MR) is 66.6 cm³/mol. The van der Waals surface area contributed by atoms with Crippen molar-refractivity contribution in [1.82, 2.24) is 0 Å². The predicted octanol–water partition coefficient (Wildman–Crippen LogP) is 4.18. The van der Waals surface area contributed by atoms with Gasteiger partial charge in [-0.2, -0.15) is 0 Å². The Morgan fingerprint density at radius 3 is 2.29 bits per heavy atom. The number of benzene rings is 1. The molecule has 3 heteroatoms. The summed E-state index contributed by atoms with van der Waals surface area (Å²) in [6.45, 7) is 0. The third-order valence-corrected chi connectivity index (χ3v) is 3.88. The fourth-order valence-electron chi connectivity index (χ4n) is 2.87. The van der Waals surface area contributed by atoms with Gasteiger partial charge in [-0.25, -0.2) is 4.39 Å². The van der Waals surface area contributed by atoms with E-state index in [-0.39, 0.29) is 16.5 Å². The molecule has 1 aromatic rings. The lowest BCUT2D eigenvalue weighted by Crippen LogP contribution is -2.30. The van der Waals surface area contributed by atoms with E-state index in [1.165, 1.54) is 18.6 Å². The van der Waals surface area contributed by atoms with Crippen LogP contribution >= 0.6 is 11.6 Å². The van der Waals surface area contributed by atoms with Gasteiger partial charge in [0.05, 0.1) is 0 Å². The van der Waals surface area contributed by atoms with Crippen LogP contribution in [0.15, 0.2) is 24.3 Å². The van der Waals surface area contributed by atoms with Crippen molar-refractivity contribution >= 4 is 16.8 Å². The van der Waals surface area contributed by atoms with E-state index in [0.29, 0.717) is 6.42 Å². The average molecular weight is 255 g/mol. The molecule has 1 saturated carbocycles. The van der Waals surface area contributed by atoms with Gasteiger partial charge in [-0.05, 0) is 42.1 Å². The van der Waals surface area contributed by atoms with E-state index in [1.807, 2.05) is 0 Å². The van der Waals surface area contributed by atoms with Gasteiger partial charge in [0, 0.05) is 11.8 Å². The summed E-state index contributed by atoms with van der Waals surface area (Å²) in [6.07, 6.45) is 5.73. The molecule has 1 fully saturated rings. The third kappa shape index (κ3) is 2.86. The summed E-state index contributed by atoms with van der Waals surface area (Å²) in [5, 5.41) is -0.295. The molecule has 0 aliphatic heterocycles. The number of rotatable bonds is 3. The second-order valence-electron chi connectivity index (χ2n) is 4.88. The Morgan fingerprint density at radius 1 is 1.18 bits per heavy atom. The summed E-state index contributed by atoms with van der Waals surface area (Å²) < 4.78 is 12.9. The molecule has 0 unspecified atom stereocenters. The first-order valence-corrected chi connectivity index (χ1v) is 6.45. The van der Waals surface area contributed by atoms with Gasteiger partial charge in [0.15, 0.2) is 0 Å². The second kappa shape index (κ2) is 5.18. The lowest BCUT2D eigenvalue weighted by molar-refractivity contribution is -0.113. The van der Waals surface area contributed by atoms with E-state index in [1.54, 1.807) is 12.1 Å². The minimum Gasteiger partial charge on any atom is -0.281 e. The van der Waals surface area contributed by atoms with Crippen LogP contribution in [0.1, 0.15) is 44.1 Å². The summed E-state index contributed by atoms with van der Waals surface area (Å²) in [4.78, 5) is 11.2. The molecule has 0 radical (unpaired) electrons. The Morgan fingerprint density at radius 2 is 1.76 bits per heavy atom. The fourth-order valence-corrected chi connectivity index (χ4v) is 3.12. The molecule has 1 nitrogen and oxygen atoms in total. The highest BCUT2D eigenvalue weighted by molar-refractivity contribution is 6.63. The fraction of sp³-hybridized carbons (Fsp3) is 0.500. The van der Waals surface area contributed by atoms with E-state index in [4.69, 9.17) is 11.6 Å². The first-order valence-electron chi connectivity index (χ1n) is 6.07. The van der Waals surface area contributed by atoms with Crippen LogP contribution in [0.3, 0.4) is 0 Å². The number of carbonyl (C=O) groups is 1. The Kier molecular flexibility index (Phi) is 3.82. The molecule has 0 heterocycles. The molecule has 0 amide bonds. The van der Waals surface area contributed by atoms with E-state index in [9.17, 15) is 9.18 Å². The smallest absolute Gasteiger partial charge is 0.222 e. The standard InChI is InChI=1S/C14H16ClFO/c15-13(17)10-14(8-2-1-3-9-14)11-4-6-12(16)7-5-11/h4-7H,1-3,8-10H2. The Bertz CT molecular complexity index is 393. The van der Waals surface area contributed by atoms with Crippen LogP contribution in [-0.4, -0.2) is 5.24 Å². The van der Waals surface area contributed by atoms with E-state index < -0.39 is 0 Å². The number of hydrogen-bond acceptors (Lipinski definition) is 1. The SMILES string of the molecule is O=C(Cl)CC1(c2ccc(F)cc2)CCCCC1. The zero-order valence-corrected chi connectivity index (χ0v) is 10.5. The maximum Gasteiger partial charge on any atom is 0.222 e. The monoisotopic (exact) mass is 254 g/mol. The number of carbonyl (C=O) groups excluding carboxylic acids is 1. The molecule has 1 aliphatic carbocycles. The molecule has 2 rings (SSSR count). The highest BCUT2D eigenvalue weighted by Gasteiger charge is 2.35. The topological polar surface area (TPSA) is 17.1 Å². The Labute approximate surface area is 106 Å². The van der Waals surface area contributed by atoms with Crippen molar-refractivity contribution in [3.05, 3.63) is 35.6 Å². The maximum absolute atomic E-state index is 12.9. The zero-order valence-electron chi connectivity index (χ0n) is 9.72. The molecule has 1 aliphatic rings. The zero-order chi connectivity index (χ0) is 12.3. The number of hydrogen-bond donors (Lipinski definition) is 0. The van der Waals surface area contributed by atoms with Gasteiger partial charge in [-0.3, -0.25) is 4.79 Å². The molecule has 0 spiro atoms. The summed E-state index contributed by atoms with van der Waals surface area (Å²) in [7, 11) is 0. The van der Waals surface area contributed by atoms with Crippen LogP contribution < -0.4 is 0 Å². The molecule has 92 valence electrons. The molecular formula is C14H16ClFO. The molecule has 0 saturated heterocycles. The lowest BCUT2D eigenvalue weighted by atomic mass is 9.68. The van der Waals surface area contributed by atoms with Crippen molar-refractivity contribution in [2.75, 3.05) is 0 Å². The van der Waals surface area contributed by atoms with Crippen LogP contribution in [0.25, 0.3) is 0 Å². The molecule has 17 heavy (non-hydrogen) atoms.